The largest absolute Gasteiger partial charge is 0.507 e. The summed E-state index contributed by atoms with van der Waals surface area (Å²) in [5.74, 6) is -6.37. The van der Waals surface area contributed by atoms with Gasteiger partial charge in [-0.1, -0.05) is 45.9 Å². The first-order chi connectivity index (χ1) is 31.8. The first-order valence-corrected chi connectivity index (χ1v) is 22.5. The summed E-state index contributed by atoms with van der Waals surface area (Å²) in [5.41, 5.74) is -1.21. The van der Waals surface area contributed by atoms with E-state index in [0.29, 0.717) is 38.4 Å². The summed E-state index contributed by atoms with van der Waals surface area (Å²) < 4.78 is 29.7. The lowest BCUT2D eigenvalue weighted by molar-refractivity contribution is -0.160. The summed E-state index contributed by atoms with van der Waals surface area (Å²) >= 11 is 0. The highest BCUT2D eigenvalue weighted by Gasteiger charge is 2.40. The molecule has 2 aromatic rings. The van der Waals surface area contributed by atoms with Gasteiger partial charge in [0.05, 0.1) is 43.2 Å². The van der Waals surface area contributed by atoms with Crippen molar-refractivity contribution in [3.8, 4) is 28.7 Å². The minimum Gasteiger partial charge on any atom is -0.507 e. The number of cyclic esters (lactones) is 1. The van der Waals surface area contributed by atoms with Gasteiger partial charge in [0.15, 0.2) is 11.3 Å². The molecule has 0 radical (unpaired) electrons. The fourth-order valence-corrected chi connectivity index (χ4v) is 9.05. The fraction of sp³-hybridized carbons (Fsp3) is 0.490. The van der Waals surface area contributed by atoms with Crippen LogP contribution in [-0.4, -0.2) is 131 Å². The Hall–Kier alpha value is -6.05. The lowest BCUT2D eigenvalue weighted by Gasteiger charge is -2.38. The van der Waals surface area contributed by atoms with E-state index in [2.05, 4.69) is 10.2 Å². The molecule has 6 rings (SSSR count). The van der Waals surface area contributed by atoms with E-state index in [0.717, 1.165) is 6.26 Å². The molecule has 4 aliphatic rings. The fourth-order valence-electron chi connectivity index (χ4n) is 9.05. The minimum absolute atomic E-state index is 0.000684. The lowest BCUT2D eigenvalue weighted by atomic mass is 9.78. The van der Waals surface area contributed by atoms with Crippen LogP contribution in [0.3, 0.4) is 0 Å². The van der Waals surface area contributed by atoms with Crippen molar-refractivity contribution >= 4 is 51.1 Å². The van der Waals surface area contributed by atoms with Crippen molar-refractivity contribution in [2.45, 2.75) is 79.8 Å². The summed E-state index contributed by atoms with van der Waals surface area (Å²) in [6, 6.07) is 3.16. The van der Waals surface area contributed by atoms with Gasteiger partial charge in [-0.2, -0.15) is 0 Å². The molecule has 0 saturated carbocycles. The standard InChI is InChI=1S/C49H62N4O14/c1-10-64-46-29(7)43(59)36-35-37(46)49(62)65-21-14-33(63-9)26(4)45(66-30(8)55)28(6)42(58)27(5)41(57)24(2)12-11-13-25(3)48(61)51-40(44(36)60)47-39(35)50-38-32(56)22-31(23-34(38)67-47)53-17-15-52(16-18-53)19-20-54/h11-14,21-24,26-28,33,41-42,45,54,56-59H,10,15-20H2,1-9H3,(H,51,61)/b12-11+,21-14+,25-13-/t24-,26+,27+,28+,33-,41-,42+,45+/m0/s1. The van der Waals surface area contributed by atoms with Crippen LogP contribution in [0.1, 0.15) is 64.4 Å². The molecule has 1 aliphatic carbocycles. The van der Waals surface area contributed by atoms with Gasteiger partial charge in [-0.15, -0.1) is 0 Å². The van der Waals surface area contributed by atoms with Crippen LogP contribution < -0.4 is 20.4 Å². The highest BCUT2D eigenvalue weighted by molar-refractivity contribution is 6.18. The van der Waals surface area contributed by atoms with Gasteiger partial charge in [0.25, 0.3) is 5.91 Å². The second-order valence-electron chi connectivity index (χ2n) is 17.4. The predicted octanol–water partition coefficient (Wildman–Crippen LogP) is 5.02. The highest BCUT2D eigenvalue weighted by Crippen LogP contribution is 2.47. The molecule has 1 saturated heterocycles. The van der Waals surface area contributed by atoms with Crippen LogP contribution in [-0.2, 0) is 23.8 Å². The number of amides is 1. The molecule has 0 aromatic heterocycles. The monoisotopic (exact) mass is 930 g/mol. The number of carbonyl (C=O) groups is 3. The molecule has 0 spiro atoms. The Labute approximate surface area is 388 Å². The second-order valence-corrected chi connectivity index (χ2v) is 17.4. The summed E-state index contributed by atoms with van der Waals surface area (Å²) in [4.78, 5) is 64.9. The van der Waals surface area contributed by atoms with E-state index in [1.165, 1.54) is 46.1 Å². The number of nitrogens with zero attached hydrogens (tertiary/aromatic N) is 3. The number of carbonyl (C=O) groups excluding carboxylic acids is 3. The molecule has 18 nitrogen and oxygen atoms in total. The Kier molecular flexibility index (Phi) is 16.0. The van der Waals surface area contributed by atoms with E-state index in [4.69, 9.17) is 28.3 Å². The first kappa shape index (κ1) is 50.4. The normalized spacial score (nSPS) is 26.9. The molecule has 0 unspecified atom stereocenters. The number of phenols is 2. The maximum Gasteiger partial charge on any atom is 0.347 e. The molecule has 67 heavy (non-hydrogen) atoms. The Morgan fingerprint density at radius 2 is 1.66 bits per heavy atom. The van der Waals surface area contributed by atoms with Crippen LogP contribution in [0.15, 0.2) is 57.5 Å². The molecule has 6 N–H and O–H groups in total. The minimum atomic E-state index is -1.17. The number of fused-ring (bicyclic) bond motifs is 1. The number of phenolic OH excluding ortho intramolecular Hbond substituents is 2. The third kappa shape index (κ3) is 10.3. The van der Waals surface area contributed by atoms with Gasteiger partial charge in [0, 0.05) is 105 Å². The third-order valence-electron chi connectivity index (χ3n) is 13.0. The zero-order chi connectivity index (χ0) is 49.0. The number of aromatic hydroxyl groups is 2. The van der Waals surface area contributed by atoms with Gasteiger partial charge in [-0.3, -0.25) is 19.3 Å². The molecular formula is C49H62N4O14. The van der Waals surface area contributed by atoms with E-state index >= 15 is 0 Å². The van der Waals surface area contributed by atoms with E-state index in [-0.39, 0.29) is 69.4 Å². The Morgan fingerprint density at radius 3 is 2.30 bits per heavy atom. The van der Waals surface area contributed by atoms with Crippen LogP contribution >= 0.6 is 0 Å². The van der Waals surface area contributed by atoms with E-state index in [1.54, 1.807) is 52.8 Å². The molecule has 2 bridgehead atoms. The van der Waals surface area contributed by atoms with Crippen LogP contribution in [0, 0.1) is 30.6 Å². The van der Waals surface area contributed by atoms with Gasteiger partial charge >= 0.3 is 11.9 Å². The number of anilines is 2. The number of hydrogen-bond donors (Lipinski definition) is 6. The molecule has 18 heteroatoms. The SMILES string of the molecule is CCOc1c(C)c(O)c2c(=O)c3c4oc5cc(N6CCN(CCO)CC6)cc(O)c5nc-4c2c1C(=O)O/C=C/[C@H](OC)[C@@H](C)[C@@H](OC(C)=O)[C@H](C)[C@H](O)[C@H](C)[C@@H](O)[C@@H](C)/C=C/C=C(/C)C(=O)N3. The first-order valence-electron chi connectivity index (χ1n) is 22.5. The van der Waals surface area contributed by atoms with Gasteiger partial charge in [-0.05, 0) is 26.8 Å². The summed E-state index contributed by atoms with van der Waals surface area (Å²) in [7, 11) is 1.40. The Balaban J connectivity index is 1.62. The number of piperazine rings is 1. The number of nitrogens with one attached hydrogen (secondary N) is 1. The maximum atomic E-state index is 14.9. The molecule has 362 valence electrons. The van der Waals surface area contributed by atoms with Crippen LogP contribution in [0.4, 0.5) is 11.4 Å². The van der Waals surface area contributed by atoms with Crippen molar-refractivity contribution in [2.24, 2.45) is 23.7 Å². The van der Waals surface area contributed by atoms with Gasteiger partial charge < -0.3 is 59.1 Å². The second kappa shape index (κ2) is 21.3. The van der Waals surface area contributed by atoms with Crippen molar-refractivity contribution in [1.29, 1.82) is 0 Å². The number of ether oxygens (including phenoxy) is 4. The average molecular weight is 931 g/mol. The summed E-state index contributed by atoms with van der Waals surface area (Å²) in [6.45, 7) is 15.7. The molecule has 1 fully saturated rings. The number of aliphatic hydroxyl groups excluding tert-OH is 3. The van der Waals surface area contributed by atoms with Crippen molar-refractivity contribution < 1.29 is 63.3 Å². The lowest BCUT2D eigenvalue weighted by Crippen LogP contribution is -2.47. The van der Waals surface area contributed by atoms with Crippen molar-refractivity contribution in [1.82, 2.24) is 9.88 Å². The van der Waals surface area contributed by atoms with E-state index in [1.807, 2.05) is 4.90 Å². The molecule has 1 amide bonds. The third-order valence-corrected chi connectivity index (χ3v) is 13.0. The number of allylic oxidation sites excluding steroid dienone is 2. The Morgan fingerprint density at radius 1 is 0.955 bits per heavy atom. The van der Waals surface area contributed by atoms with Crippen molar-refractivity contribution in [3.63, 3.8) is 0 Å². The number of rotatable bonds is 7. The number of aromatic nitrogens is 1. The molecule has 2 aromatic carbocycles. The Bertz CT molecular complexity index is 2610. The van der Waals surface area contributed by atoms with E-state index in [9.17, 15) is 44.7 Å². The molecule has 8 atom stereocenters. The number of β-amino-alcohol motifs (C(OH)–C–C–N with tert-alkyl or cyclic N) is 1. The van der Waals surface area contributed by atoms with E-state index < -0.39 is 88.2 Å². The summed E-state index contributed by atoms with van der Waals surface area (Å²) in [6.07, 6.45) is 3.09. The maximum absolute atomic E-state index is 14.9. The van der Waals surface area contributed by atoms with Crippen LogP contribution in [0.2, 0.25) is 0 Å². The smallest absolute Gasteiger partial charge is 0.347 e. The van der Waals surface area contributed by atoms with Crippen molar-refractivity contribution in [2.75, 3.05) is 63.3 Å². The number of methoxy groups -OCH3 is 1. The van der Waals surface area contributed by atoms with Crippen molar-refractivity contribution in [3.05, 3.63) is 69.6 Å². The predicted molar refractivity (Wildman–Crippen MR) is 250 cm³/mol. The number of hydrogen-bond acceptors (Lipinski definition) is 17. The highest BCUT2D eigenvalue weighted by atomic mass is 16.6. The van der Waals surface area contributed by atoms with Gasteiger partial charge in [0.2, 0.25) is 5.43 Å². The van der Waals surface area contributed by atoms with Gasteiger partial charge in [-0.25, -0.2) is 9.78 Å². The quantitative estimate of drug-likeness (QED) is 0.0809. The molecular weight excluding hydrogens is 869 g/mol. The number of aliphatic hydroxyl groups is 3. The topological polar surface area (TPSA) is 251 Å². The molecule has 3 heterocycles. The number of benzene rings is 3. The number of esters is 2. The average Bonchev–Trinajstić information content (AvgIpc) is 3.30. The van der Waals surface area contributed by atoms with Crippen LogP contribution in [0.5, 0.6) is 17.2 Å². The zero-order valence-electron chi connectivity index (χ0n) is 39.4. The summed E-state index contributed by atoms with van der Waals surface area (Å²) in [5, 5.41) is 57.8. The van der Waals surface area contributed by atoms with Crippen LogP contribution in [0.25, 0.3) is 33.3 Å². The zero-order valence-corrected chi connectivity index (χ0v) is 39.4. The molecule has 3 aliphatic heterocycles. The van der Waals surface area contributed by atoms with Gasteiger partial charge in [0.1, 0.15) is 45.8 Å².